The van der Waals surface area contributed by atoms with Gasteiger partial charge in [0.05, 0.1) is 6.54 Å². The zero-order chi connectivity index (χ0) is 26.2. The highest BCUT2D eigenvalue weighted by atomic mass is 16.5. The maximum Gasteiger partial charge on any atom is 0.151 e. The number of ether oxygens (including phenoxy) is 1. The van der Waals surface area contributed by atoms with Crippen LogP contribution >= 0.6 is 0 Å². The fraction of sp³-hybridized carbons (Fsp3) is 0.242. The number of hydrogen-bond donors (Lipinski definition) is 1. The Balaban J connectivity index is 1.27. The van der Waals surface area contributed by atoms with Crippen LogP contribution in [0.2, 0.25) is 0 Å². The molecule has 1 fully saturated rings. The van der Waals surface area contributed by atoms with Gasteiger partial charge in [-0.1, -0.05) is 78.9 Å². The summed E-state index contributed by atoms with van der Waals surface area (Å²) in [6.07, 6.45) is 1.16. The zero-order valence-electron chi connectivity index (χ0n) is 21.6. The second-order valence-corrected chi connectivity index (χ2v) is 9.95. The van der Waals surface area contributed by atoms with Crippen molar-refractivity contribution in [2.75, 3.05) is 26.2 Å². The SMILES string of the molecule is O=C(Cc1ccccc1Oc1ccccc1)CN1CCN(Cc2ccccc2)CC1Cc1ccc(O)cc1. The summed E-state index contributed by atoms with van der Waals surface area (Å²) in [5.41, 5.74) is 3.36. The van der Waals surface area contributed by atoms with Gasteiger partial charge < -0.3 is 9.84 Å². The number of aromatic hydroxyl groups is 1. The van der Waals surface area contributed by atoms with Crippen molar-refractivity contribution >= 4 is 5.78 Å². The van der Waals surface area contributed by atoms with Gasteiger partial charge in [-0.2, -0.15) is 0 Å². The van der Waals surface area contributed by atoms with E-state index in [1.165, 1.54) is 5.56 Å². The molecule has 38 heavy (non-hydrogen) atoms. The Morgan fingerprint density at radius 2 is 1.47 bits per heavy atom. The van der Waals surface area contributed by atoms with E-state index < -0.39 is 0 Å². The van der Waals surface area contributed by atoms with Crippen molar-refractivity contribution in [1.29, 1.82) is 0 Å². The lowest BCUT2D eigenvalue weighted by Gasteiger charge is -2.41. The zero-order valence-corrected chi connectivity index (χ0v) is 21.6. The van der Waals surface area contributed by atoms with Crippen LogP contribution in [0.1, 0.15) is 16.7 Å². The molecule has 0 amide bonds. The van der Waals surface area contributed by atoms with Crippen LogP contribution < -0.4 is 4.74 Å². The van der Waals surface area contributed by atoms with Gasteiger partial charge in [0.25, 0.3) is 0 Å². The molecule has 5 rings (SSSR count). The topological polar surface area (TPSA) is 53.0 Å². The molecule has 0 aromatic heterocycles. The number of hydrogen-bond acceptors (Lipinski definition) is 5. The third-order valence-corrected chi connectivity index (χ3v) is 7.06. The third-order valence-electron chi connectivity index (χ3n) is 7.06. The van der Waals surface area contributed by atoms with E-state index in [-0.39, 0.29) is 17.6 Å². The first-order valence-electron chi connectivity index (χ1n) is 13.2. The molecule has 0 saturated carbocycles. The van der Waals surface area contributed by atoms with E-state index in [9.17, 15) is 9.90 Å². The molecule has 1 atom stereocenters. The minimum absolute atomic E-state index is 0.182. The van der Waals surface area contributed by atoms with Gasteiger partial charge in [0.15, 0.2) is 5.78 Å². The van der Waals surface area contributed by atoms with Crippen molar-refractivity contribution in [3.05, 3.63) is 126 Å². The molecule has 4 aromatic carbocycles. The molecular weight excluding hydrogens is 472 g/mol. The number of benzene rings is 4. The Morgan fingerprint density at radius 1 is 0.789 bits per heavy atom. The molecule has 0 spiro atoms. The molecule has 1 heterocycles. The number of piperazine rings is 1. The monoisotopic (exact) mass is 506 g/mol. The van der Waals surface area contributed by atoms with E-state index in [1.807, 2.05) is 72.8 Å². The minimum Gasteiger partial charge on any atom is -0.508 e. The first kappa shape index (κ1) is 25.7. The lowest BCUT2D eigenvalue weighted by molar-refractivity contribution is -0.120. The fourth-order valence-electron chi connectivity index (χ4n) is 5.11. The summed E-state index contributed by atoms with van der Waals surface area (Å²) in [4.78, 5) is 18.2. The highest BCUT2D eigenvalue weighted by Crippen LogP contribution is 2.26. The van der Waals surface area contributed by atoms with E-state index in [2.05, 4.69) is 34.1 Å². The summed E-state index contributed by atoms with van der Waals surface area (Å²) in [6.45, 7) is 3.95. The van der Waals surface area contributed by atoms with E-state index >= 15 is 0 Å². The molecule has 1 saturated heterocycles. The van der Waals surface area contributed by atoms with Crippen molar-refractivity contribution in [3.8, 4) is 17.2 Å². The summed E-state index contributed by atoms with van der Waals surface area (Å²) in [6, 6.07) is 35.6. The van der Waals surface area contributed by atoms with Crippen LogP contribution in [-0.2, 0) is 24.2 Å². The van der Waals surface area contributed by atoms with Crippen molar-refractivity contribution in [3.63, 3.8) is 0 Å². The number of nitrogens with zero attached hydrogens (tertiary/aromatic N) is 2. The average molecular weight is 507 g/mol. The van der Waals surface area contributed by atoms with Crippen LogP contribution in [0.15, 0.2) is 109 Å². The molecule has 5 heteroatoms. The highest BCUT2D eigenvalue weighted by molar-refractivity contribution is 5.83. The summed E-state index contributed by atoms with van der Waals surface area (Å²) >= 11 is 0. The van der Waals surface area contributed by atoms with Gasteiger partial charge in [-0.25, -0.2) is 0 Å². The van der Waals surface area contributed by atoms with Crippen molar-refractivity contribution < 1.29 is 14.6 Å². The number of carbonyl (C=O) groups is 1. The van der Waals surface area contributed by atoms with E-state index in [1.54, 1.807) is 12.1 Å². The first-order chi connectivity index (χ1) is 18.6. The number of carbonyl (C=O) groups excluding carboxylic acids is 1. The fourth-order valence-corrected chi connectivity index (χ4v) is 5.11. The molecule has 0 aliphatic carbocycles. The second kappa shape index (κ2) is 12.5. The minimum atomic E-state index is 0.182. The number of ketones is 1. The van der Waals surface area contributed by atoms with Crippen LogP contribution in [0.3, 0.4) is 0 Å². The lowest BCUT2D eigenvalue weighted by atomic mass is 10.00. The maximum absolute atomic E-state index is 13.4. The third kappa shape index (κ3) is 7.09. The van der Waals surface area contributed by atoms with Crippen LogP contribution in [0.25, 0.3) is 0 Å². The normalized spacial score (nSPS) is 16.3. The van der Waals surface area contributed by atoms with Crippen molar-refractivity contribution in [2.24, 2.45) is 0 Å². The Morgan fingerprint density at radius 3 is 2.24 bits per heavy atom. The van der Waals surface area contributed by atoms with Gasteiger partial charge in [-0.15, -0.1) is 0 Å². The van der Waals surface area contributed by atoms with E-state index in [0.717, 1.165) is 55.2 Å². The van der Waals surface area contributed by atoms with Gasteiger partial charge >= 0.3 is 0 Å². The van der Waals surface area contributed by atoms with E-state index in [4.69, 9.17) is 4.74 Å². The van der Waals surface area contributed by atoms with Gasteiger partial charge in [0.2, 0.25) is 0 Å². The van der Waals surface area contributed by atoms with Crippen LogP contribution in [0, 0.1) is 0 Å². The predicted octanol–water partition coefficient (Wildman–Crippen LogP) is 5.73. The molecule has 194 valence electrons. The Labute approximate surface area is 224 Å². The number of phenols is 1. The number of phenolic OH excluding ortho intramolecular Hbond substituents is 1. The molecule has 0 bridgehead atoms. The lowest BCUT2D eigenvalue weighted by Crippen LogP contribution is -2.55. The van der Waals surface area contributed by atoms with Crippen LogP contribution in [0.4, 0.5) is 0 Å². The maximum atomic E-state index is 13.4. The standard InChI is InChI=1S/C33H34N2O3/c36-30-17-15-26(16-18-30)21-29-24-34(23-27-9-3-1-4-10-27)19-20-35(29)25-31(37)22-28-11-7-8-14-33(28)38-32-12-5-2-6-13-32/h1-18,29,36H,19-25H2. The molecule has 4 aromatic rings. The largest absolute Gasteiger partial charge is 0.508 e. The van der Waals surface area contributed by atoms with Crippen LogP contribution in [-0.4, -0.2) is 52.9 Å². The average Bonchev–Trinajstić information content (AvgIpc) is 2.94. The van der Waals surface area contributed by atoms with Gasteiger partial charge in [0, 0.05) is 44.2 Å². The molecule has 5 nitrogen and oxygen atoms in total. The summed E-state index contributed by atoms with van der Waals surface area (Å²) in [5.74, 6) is 1.93. The predicted molar refractivity (Wildman–Crippen MR) is 151 cm³/mol. The quantitative estimate of drug-likeness (QED) is 0.298. The number of rotatable bonds is 10. The van der Waals surface area contributed by atoms with Gasteiger partial charge in [0.1, 0.15) is 17.2 Å². The second-order valence-electron chi connectivity index (χ2n) is 9.95. The number of Topliss-reactive ketones (excluding diaryl/α,β-unsaturated/α-hetero) is 1. The smallest absolute Gasteiger partial charge is 0.151 e. The van der Waals surface area contributed by atoms with Gasteiger partial charge in [-0.3, -0.25) is 14.6 Å². The number of para-hydroxylation sites is 2. The summed E-state index contributed by atoms with van der Waals surface area (Å²) in [5, 5.41) is 9.72. The molecule has 0 radical (unpaired) electrons. The summed E-state index contributed by atoms with van der Waals surface area (Å²) < 4.78 is 6.09. The van der Waals surface area contributed by atoms with Crippen molar-refractivity contribution in [2.45, 2.75) is 25.4 Å². The Kier molecular flexibility index (Phi) is 8.49. The van der Waals surface area contributed by atoms with E-state index in [0.29, 0.717) is 13.0 Å². The Hall–Kier alpha value is -3.93. The van der Waals surface area contributed by atoms with Crippen LogP contribution in [0.5, 0.6) is 17.2 Å². The highest BCUT2D eigenvalue weighted by Gasteiger charge is 2.29. The van der Waals surface area contributed by atoms with Crippen molar-refractivity contribution in [1.82, 2.24) is 9.80 Å². The molecule has 1 aliphatic heterocycles. The molecule has 1 aliphatic rings. The molecular formula is C33H34N2O3. The molecule has 1 N–H and O–H groups in total. The first-order valence-corrected chi connectivity index (χ1v) is 13.2. The summed E-state index contributed by atoms with van der Waals surface area (Å²) in [7, 11) is 0. The Bertz CT molecular complexity index is 1310. The van der Waals surface area contributed by atoms with Gasteiger partial charge in [-0.05, 0) is 47.9 Å². The molecule has 1 unspecified atom stereocenters.